The molecule has 11 heteroatoms. The molecule has 1 saturated carbocycles. The molecule has 1 unspecified atom stereocenters. The van der Waals surface area contributed by atoms with Crippen LogP contribution in [-0.2, 0) is 11.8 Å². The van der Waals surface area contributed by atoms with Crippen LogP contribution < -0.4 is 20.1 Å². The van der Waals surface area contributed by atoms with Gasteiger partial charge in [-0.05, 0) is 37.1 Å². The number of hydrogen-bond donors (Lipinski definition) is 2. The molecule has 0 radical (unpaired) electrons. The van der Waals surface area contributed by atoms with Gasteiger partial charge in [0.2, 0.25) is 0 Å². The molecule has 39 heavy (non-hydrogen) atoms. The molecule has 1 atom stereocenters. The molecule has 0 bridgehead atoms. The summed E-state index contributed by atoms with van der Waals surface area (Å²) in [5.41, 5.74) is 2.57. The lowest BCUT2D eigenvalue weighted by Gasteiger charge is -2.17. The second kappa shape index (κ2) is 10.7. The standard InChI is InChI=1S/C28H29N7O4/c1-35-16-31-28(34-35)20-4-3-5-22(27(20)37-2)32-23-12-25(30-14-21(23)26(36)17-6-7-17)33-24-9-8-18(13-29-24)39-19-10-11-38-15-19/h3-5,8-9,12-14,16-17,19H,6-7,10-11,15H2,1-2H3,(H2,29,30,32,33). The number of ether oxygens (including phenoxy) is 3. The van der Waals surface area contributed by atoms with E-state index in [2.05, 4.69) is 30.7 Å². The Kier molecular flexibility index (Phi) is 6.80. The molecule has 3 aromatic heterocycles. The molecule has 4 heterocycles. The predicted molar refractivity (Wildman–Crippen MR) is 145 cm³/mol. The summed E-state index contributed by atoms with van der Waals surface area (Å²) >= 11 is 0. The zero-order chi connectivity index (χ0) is 26.8. The van der Waals surface area contributed by atoms with Crippen molar-refractivity contribution >= 4 is 28.8 Å². The van der Waals surface area contributed by atoms with Gasteiger partial charge in [0, 0.05) is 31.6 Å². The summed E-state index contributed by atoms with van der Waals surface area (Å²) in [7, 11) is 3.41. The first-order valence-electron chi connectivity index (χ1n) is 12.9. The van der Waals surface area contributed by atoms with E-state index in [4.69, 9.17) is 14.2 Å². The van der Waals surface area contributed by atoms with Gasteiger partial charge in [-0.1, -0.05) is 6.07 Å². The van der Waals surface area contributed by atoms with Crippen LogP contribution in [0.25, 0.3) is 11.4 Å². The van der Waals surface area contributed by atoms with Crippen molar-refractivity contribution in [2.75, 3.05) is 31.0 Å². The first-order valence-corrected chi connectivity index (χ1v) is 12.9. The molecule has 1 saturated heterocycles. The van der Waals surface area contributed by atoms with Crippen molar-refractivity contribution in [2.45, 2.75) is 25.4 Å². The number of nitrogens with zero attached hydrogens (tertiary/aromatic N) is 5. The van der Waals surface area contributed by atoms with Crippen molar-refractivity contribution in [3.05, 3.63) is 60.7 Å². The van der Waals surface area contributed by atoms with Crippen molar-refractivity contribution in [2.24, 2.45) is 13.0 Å². The van der Waals surface area contributed by atoms with Crippen LogP contribution in [0.1, 0.15) is 29.6 Å². The number of methoxy groups -OCH3 is 1. The van der Waals surface area contributed by atoms with Gasteiger partial charge < -0.3 is 24.8 Å². The zero-order valence-electron chi connectivity index (χ0n) is 21.8. The van der Waals surface area contributed by atoms with Crippen LogP contribution in [0, 0.1) is 5.92 Å². The van der Waals surface area contributed by atoms with Gasteiger partial charge in [-0.25, -0.2) is 15.0 Å². The van der Waals surface area contributed by atoms with Crippen LogP contribution >= 0.6 is 0 Å². The van der Waals surface area contributed by atoms with Crippen LogP contribution in [0.3, 0.4) is 0 Å². The van der Waals surface area contributed by atoms with Gasteiger partial charge in [0.1, 0.15) is 29.8 Å². The van der Waals surface area contributed by atoms with E-state index < -0.39 is 0 Å². The van der Waals surface area contributed by atoms with E-state index in [0.29, 0.717) is 52.5 Å². The molecule has 200 valence electrons. The van der Waals surface area contributed by atoms with Gasteiger partial charge in [-0.15, -0.1) is 0 Å². The fraction of sp³-hybridized carbons (Fsp3) is 0.321. The number of rotatable bonds is 10. The average Bonchev–Trinajstić information content (AvgIpc) is 3.51. The van der Waals surface area contributed by atoms with E-state index in [1.807, 2.05) is 43.4 Å². The van der Waals surface area contributed by atoms with Crippen LogP contribution in [0.5, 0.6) is 11.5 Å². The van der Waals surface area contributed by atoms with Gasteiger partial charge in [-0.2, -0.15) is 5.10 Å². The number of hydrogen-bond acceptors (Lipinski definition) is 10. The number of carbonyl (C=O) groups is 1. The normalized spacial score (nSPS) is 16.6. The number of aromatic nitrogens is 5. The molecule has 4 aromatic rings. The maximum Gasteiger partial charge on any atom is 0.184 e. The molecule has 2 N–H and O–H groups in total. The van der Waals surface area contributed by atoms with Gasteiger partial charge in [0.15, 0.2) is 17.4 Å². The second-order valence-electron chi connectivity index (χ2n) is 9.61. The first-order chi connectivity index (χ1) is 19.1. The van der Waals surface area contributed by atoms with Crippen LogP contribution in [0.15, 0.2) is 55.1 Å². The van der Waals surface area contributed by atoms with Crippen molar-refractivity contribution < 1.29 is 19.0 Å². The third kappa shape index (κ3) is 5.53. The molecule has 6 rings (SSSR count). The number of benzene rings is 1. The van der Waals surface area contributed by atoms with E-state index in [0.717, 1.165) is 31.4 Å². The van der Waals surface area contributed by atoms with Gasteiger partial charge >= 0.3 is 0 Å². The van der Waals surface area contributed by atoms with E-state index in [1.54, 1.807) is 30.5 Å². The molecule has 0 amide bonds. The Morgan fingerprint density at radius 1 is 1.03 bits per heavy atom. The van der Waals surface area contributed by atoms with Crippen molar-refractivity contribution in [1.29, 1.82) is 0 Å². The van der Waals surface area contributed by atoms with Crippen molar-refractivity contribution in [3.63, 3.8) is 0 Å². The molecule has 2 fully saturated rings. The lowest BCUT2D eigenvalue weighted by atomic mass is 10.1. The maximum atomic E-state index is 13.1. The average molecular weight is 528 g/mol. The van der Waals surface area contributed by atoms with Crippen LogP contribution in [0.4, 0.5) is 23.0 Å². The number of pyridine rings is 2. The van der Waals surface area contributed by atoms with Gasteiger partial charge in [0.25, 0.3) is 0 Å². The highest BCUT2D eigenvalue weighted by molar-refractivity contribution is 6.04. The van der Waals surface area contributed by atoms with Gasteiger partial charge in [-0.3, -0.25) is 9.48 Å². The SMILES string of the molecule is COc1c(Nc2cc(Nc3ccc(OC4CCOC4)cn3)ncc2C(=O)C2CC2)cccc1-c1ncn(C)n1. The van der Waals surface area contributed by atoms with Crippen molar-refractivity contribution in [1.82, 2.24) is 24.7 Å². The Morgan fingerprint density at radius 3 is 2.59 bits per heavy atom. The molecular weight excluding hydrogens is 498 g/mol. The number of anilines is 4. The Bertz CT molecular complexity index is 1480. The van der Waals surface area contributed by atoms with E-state index in [1.165, 1.54) is 0 Å². The highest BCUT2D eigenvalue weighted by atomic mass is 16.5. The summed E-state index contributed by atoms with van der Waals surface area (Å²) in [5, 5.41) is 11.0. The number of para-hydroxylation sites is 1. The minimum Gasteiger partial charge on any atom is -0.494 e. The fourth-order valence-corrected chi connectivity index (χ4v) is 4.48. The number of carbonyl (C=O) groups excluding carboxylic acids is 1. The minimum absolute atomic E-state index is 0.0385. The number of aryl methyl sites for hydroxylation is 1. The summed E-state index contributed by atoms with van der Waals surface area (Å²) in [6, 6.07) is 11.2. The molecule has 1 aromatic carbocycles. The highest BCUT2D eigenvalue weighted by Crippen LogP contribution is 2.39. The summed E-state index contributed by atoms with van der Waals surface area (Å²) < 4.78 is 18.7. The van der Waals surface area contributed by atoms with Crippen molar-refractivity contribution in [3.8, 4) is 22.9 Å². The second-order valence-corrected chi connectivity index (χ2v) is 9.61. The number of ketones is 1. The van der Waals surface area contributed by atoms with Crippen LogP contribution in [-0.4, -0.2) is 56.9 Å². The monoisotopic (exact) mass is 527 g/mol. The van der Waals surface area contributed by atoms with E-state index in [-0.39, 0.29) is 17.8 Å². The Balaban J connectivity index is 1.27. The summed E-state index contributed by atoms with van der Waals surface area (Å²) in [5.74, 6) is 3.06. The predicted octanol–water partition coefficient (Wildman–Crippen LogP) is 4.53. The molecule has 11 nitrogen and oxygen atoms in total. The molecule has 1 aliphatic carbocycles. The Labute approximate surface area is 225 Å². The van der Waals surface area contributed by atoms with Crippen LogP contribution in [0.2, 0.25) is 0 Å². The number of nitrogens with one attached hydrogen (secondary N) is 2. The smallest absolute Gasteiger partial charge is 0.184 e. The molecular formula is C28H29N7O4. The summed E-state index contributed by atoms with van der Waals surface area (Å²) in [6.07, 6.45) is 7.64. The topological polar surface area (TPSA) is 125 Å². The minimum atomic E-state index is 0.0385. The fourth-order valence-electron chi connectivity index (χ4n) is 4.48. The highest BCUT2D eigenvalue weighted by Gasteiger charge is 2.32. The maximum absolute atomic E-state index is 13.1. The lowest BCUT2D eigenvalue weighted by molar-refractivity contribution is 0.0968. The third-order valence-corrected chi connectivity index (χ3v) is 6.63. The Hall–Kier alpha value is -4.51. The Morgan fingerprint density at radius 2 is 1.90 bits per heavy atom. The quantitative estimate of drug-likeness (QED) is 0.284. The largest absolute Gasteiger partial charge is 0.494 e. The summed E-state index contributed by atoms with van der Waals surface area (Å²) in [4.78, 5) is 26.5. The van der Waals surface area contributed by atoms with E-state index >= 15 is 0 Å². The number of Topliss-reactive ketones (excluding diaryl/α,β-unsaturated/α-hetero) is 1. The lowest BCUT2D eigenvalue weighted by Crippen LogP contribution is -2.15. The first kappa shape index (κ1) is 24.8. The van der Waals surface area contributed by atoms with Gasteiger partial charge in [0.05, 0.1) is 49.0 Å². The van der Waals surface area contributed by atoms with E-state index in [9.17, 15) is 4.79 Å². The molecule has 1 aliphatic heterocycles. The summed E-state index contributed by atoms with van der Waals surface area (Å²) in [6.45, 7) is 1.31. The third-order valence-electron chi connectivity index (χ3n) is 6.63. The molecule has 2 aliphatic rings. The zero-order valence-corrected chi connectivity index (χ0v) is 21.8. The molecule has 0 spiro atoms.